The van der Waals surface area contributed by atoms with Gasteiger partial charge >= 0.3 is 0 Å². The highest BCUT2D eigenvalue weighted by Crippen LogP contribution is 2.27. The van der Waals surface area contributed by atoms with Crippen LogP contribution in [0.2, 0.25) is 0 Å². The summed E-state index contributed by atoms with van der Waals surface area (Å²) in [5, 5.41) is 4.49. The van der Waals surface area contributed by atoms with Crippen molar-refractivity contribution in [3.05, 3.63) is 95.1 Å². The Labute approximate surface area is 161 Å². The van der Waals surface area contributed by atoms with E-state index >= 15 is 0 Å². The molecule has 28 heavy (non-hydrogen) atoms. The first-order valence-corrected chi connectivity index (χ1v) is 8.77. The van der Waals surface area contributed by atoms with E-state index in [4.69, 9.17) is 0 Å². The van der Waals surface area contributed by atoms with Gasteiger partial charge in [0.1, 0.15) is 17.3 Å². The molecule has 3 aromatic carbocycles. The molecule has 0 unspecified atom stereocenters. The molecule has 1 aliphatic rings. The smallest absolute Gasteiger partial charge is 0.154 e. The summed E-state index contributed by atoms with van der Waals surface area (Å²) in [5.74, 6) is -0.227. The van der Waals surface area contributed by atoms with Crippen molar-refractivity contribution in [3.8, 4) is 0 Å². The SMILES string of the molecule is CN(C)c1ccc(C2=NNC(c3ccc(F)cc3)=Nc3ccc(F)cc32)cc1. The van der Waals surface area contributed by atoms with Gasteiger partial charge in [-0.3, -0.25) is 5.43 Å². The zero-order valence-corrected chi connectivity index (χ0v) is 15.4. The maximum atomic E-state index is 14.0. The zero-order chi connectivity index (χ0) is 19.7. The molecule has 6 heteroatoms. The van der Waals surface area contributed by atoms with Crippen molar-refractivity contribution >= 4 is 22.9 Å². The van der Waals surface area contributed by atoms with Crippen molar-refractivity contribution in [1.29, 1.82) is 0 Å². The van der Waals surface area contributed by atoms with Gasteiger partial charge < -0.3 is 4.90 Å². The van der Waals surface area contributed by atoms with Crippen LogP contribution in [0.1, 0.15) is 16.7 Å². The average molecular weight is 376 g/mol. The second-order valence-corrected chi connectivity index (χ2v) is 6.64. The maximum Gasteiger partial charge on any atom is 0.154 e. The highest BCUT2D eigenvalue weighted by Gasteiger charge is 2.18. The van der Waals surface area contributed by atoms with E-state index in [2.05, 4.69) is 15.5 Å². The normalized spacial score (nSPS) is 13.0. The molecule has 3 aromatic rings. The molecule has 0 amide bonds. The molecule has 0 aromatic heterocycles. The Balaban J connectivity index is 1.81. The molecule has 0 radical (unpaired) electrons. The molecule has 0 atom stereocenters. The minimum atomic E-state index is -0.364. The van der Waals surface area contributed by atoms with Crippen LogP contribution in [-0.4, -0.2) is 25.6 Å². The number of nitrogens with one attached hydrogen (secondary N) is 1. The lowest BCUT2D eigenvalue weighted by Crippen LogP contribution is -2.19. The summed E-state index contributed by atoms with van der Waals surface area (Å²) in [5.41, 5.74) is 7.27. The van der Waals surface area contributed by atoms with Crippen LogP contribution in [0.3, 0.4) is 0 Å². The van der Waals surface area contributed by atoms with E-state index in [1.807, 2.05) is 43.3 Å². The quantitative estimate of drug-likeness (QED) is 0.733. The van der Waals surface area contributed by atoms with Crippen LogP contribution in [0.4, 0.5) is 20.2 Å². The van der Waals surface area contributed by atoms with E-state index in [1.165, 1.54) is 24.3 Å². The summed E-state index contributed by atoms with van der Waals surface area (Å²) in [6, 6.07) is 18.2. The molecule has 1 aliphatic heterocycles. The van der Waals surface area contributed by atoms with E-state index in [1.54, 1.807) is 18.2 Å². The first kappa shape index (κ1) is 17.9. The van der Waals surface area contributed by atoms with Gasteiger partial charge in [-0.05, 0) is 54.6 Å². The lowest BCUT2D eigenvalue weighted by Gasteiger charge is -2.13. The summed E-state index contributed by atoms with van der Waals surface area (Å²) >= 11 is 0. The minimum Gasteiger partial charge on any atom is -0.378 e. The van der Waals surface area contributed by atoms with Crippen molar-refractivity contribution in [2.45, 2.75) is 0 Å². The number of fused-ring (bicyclic) bond motifs is 1. The van der Waals surface area contributed by atoms with Crippen LogP contribution < -0.4 is 10.3 Å². The van der Waals surface area contributed by atoms with Crippen LogP contribution in [0.15, 0.2) is 76.8 Å². The zero-order valence-electron chi connectivity index (χ0n) is 15.4. The summed E-state index contributed by atoms with van der Waals surface area (Å²) in [6.45, 7) is 0. The topological polar surface area (TPSA) is 40.0 Å². The van der Waals surface area contributed by atoms with Crippen LogP contribution in [0, 0.1) is 11.6 Å². The van der Waals surface area contributed by atoms with E-state index in [0.717, 1.165) is 11.3 Å². The molecule has 4 rings (SSSR count). The third-order valence-corrected chi connectivity index (χ3v) is 4.49. The number of aliphatic imine (C=N–C) groups is 1. The van der Waals surface area contributed by atoms with Crippen LogP contribution in [-0.2, 0) is 0 Å². The summed E-state index contributed by atoms with van der Waals surface area (Å²) in [6.07, 6.45) is 0. The Bertz CT molecular complexity index is 1070. The number of nitrogens with zero attached hydrogens (tertiary/aromatic N) is 3. The van der Waals surface area contributed by atoms with Gasteiger partial charge in [-0.2, -0.15) is 5.10 Å². The Kier molecular flexibility index (Phi) is 4.61. The predicted octanol–water partition coefficient (Wildman–Crippen LogP) is 4.46. The van der Waals surface area contributed by atoms with Crippen LogP contribution in [0.5, 0.6) is 0 Å². The molecule has 0 fully saturated rings. The third kappa shape index (κ3) is 3.49. The molecule has 0 saturated carbocycles. The maximum absolute atomic E-state index is 14.0. The number of hydrogen-bond donors (Lipinski definition) is 1. The standard InChI is InChI=1S/C22H18F2N4/c1-28(2)18-10-5-14(6-11-18)21-19-13-17(24)9-12-20(19)25-22(27-26-21)15-3-7-16(23)8-4-15/h3-13H,1-2H3,(H,25,27). The molecular weight excluding hydrogens is 358 g/mol. The van der Waals surface area contributed by atoms with Crippen molar-refractivity contribution < 1.29 is 8.78 Å². The predicted molar refractivity (Wildman–Crippen MR) is 109 cm³/mol. The van der Waals surface area contributed by atoms with Crippen molar-refractivity contribution in [1.82, 2.24) is 5.43 Å². The van der Waals surface area contributed by atoms with Crippen molar-refractivity contribution in [2.75, 3.05) is 19.0 Å². The summed E-state index contributed by atoms with van der Waals surface area (Å²) < 4.78 is 27.2. The highest BCUT2D eigenvalue weighted by molar-refractivity contribution is 6.18. The Hall–Kier alpha value is -3.54. The monoisotopic (exact) mass is 376 g/mol. The number of rotatable bonds is 3. The van der Waals surface area contributed by atoms with Gasteiger partial charge in [0.2, 0.25) is 0 Å². The van der Waals surface area contributed by atoms with Crippen LogP contribution in [0.25, 0.3) is 0 Å². The molecule has 140 valence electrons. The first-order chi connectivity index (χ1) is 13.5. The number of halogens is 2. The molecule has 1 N–H and O–H groups in total. The average Bonchev–Trinajstić information content (AvgIpc) is 2.88. The van der Waals surface area contributed by atoms with Gasteiger partial charge in [0.05, 0.1) is 5.69 Å². The second-order valence-electron chi connectivity index (χ2n) is 6.64. The summed E-state index contributed by atoms with van der Waals surface area (Å²) in [4.78, 5) is 6.60. The summed E-state index contributed by atoms with van der Waals surface area (Å²) in [7, 11) is 3.93. The fraction of sp³-hybridized carbons (Fsp3) is 0.0909. The first-order valence-electron chi connectivity index (χ1n) is 8.77. The Morgan fingerprint density at radius 2 is 1.43 bits per heavy atom. The number of hydrogen-bond acceptors (Lipinski definition) is 4. The van der Waals surface area contributed by atoms with Crippen molar-refractivity contribution in [3.63, 3.8) is 0 Å². The molecular formula is C22H18F2N4. The van der Waals surface area contributed by atoms with E-state index in [9.17, 15) is 8.78 Å². The molecule has 1 heterocycles. The number of amidine groups is 1. The number of benzene rings is 3. The van der Waals surface area contributed by atoms with Gasteiger partial charge in [0.25, 0.3) is 0 Å². The fourth-order valence-electron chi connectivity index (χ4n) is 2.98. The van der Waals surface area contributed by atoms with Crippen molar-refractivity contribution in [2.24, 2.45) is 10.1 Å². The van der Waals surface area contributed by atoms with Gasteiger partial charge in [0.15, 0.2) is 5.84 Å². The molecule has 0 bridgehead atoms. The van der Waals surface area contributed by atoms with Gasteiger partial charge in [0, 0.05) is 36.5 Å². The number of anilines is 1. The molecule has 0 spiro atoms. The van der Waals surface area contributed by atoms with E-state index < -0.39 is 0 Å². The number of hydrazone groups is 1. The molecule has 4 nitrogen and oxygen atoms in total. The minimum absolute atomic E-state index is 0.328. The fourth-order valence-corrected chi connectivity index (χ4v) is 2.98. The largest absolute Gasteiger partial charge is 0.378 e. The highest BCUT2D eigenvalue weighted by atomic mass is 19.1. The Morgan fingerprint density at radius 1 is 0.786 bits per heavy atom. The second kappa shape index (κ2) is 7.23. The lowest BCUT2D eigenvalue weighted by atomic mass is 10.0. The molecule has 0 aliphatic carbocycles. The lowest BCUT2D eigenvalue weighted by molar-refractivity contribution is 0.627. The van der Waals surface area contributed by atoms with Gasteiger partial charge in [-0.15, -0.1) is 0 Å². The van der Waals surface area contributed by atoms with Gasteiger partial charge in [-0.25, -0.2) is 13.8 Å². The molecule has 0 saturated heterocycles. The van der Waals surface area contributed by atoms with E-state index in [0.29, 0.717) is 28.4 Å². The Morgan fingerprint density at radius 3 is 2.11 bits per heavy atom. The van der Waals surface area contributed by atoms with Crippen LogP contribution >= 0.6 is 0 Å². The van der Waals surface area contributed by atoms with E-state index in [-0.39, 0.29) is 11.6 Å². The third-order valence-electron chi connectivity index (χ3n) is 4.49. The van der Waals surface area contributed by atoms with Gasteiger partial charge in [-0.1, -0.05) is 12.1 Å².